The van der Waals surface area contributed by atoms with Gasteiger partial charge >= 0.3 is 5.97 Å². The second-order valence-corrected chi connectivity index (χ2v) is 6.17. The lowest BCUT2D eigenvalue weighted by atomic mass is 10.1. The van der Waals surface area contributed by atoms with Crippen LogP contribution in [0.1, 0.15) is 26.2 Å². The maximum Gasteiger partial charge on any atom is 0.303 e. The second kappa shape index (κ2) is 4.94. The molecule has 1 saturated heterocycles. The summed E-state index contributed by atoms with van der Waals surface area (Å²) in [5.41, 5.74) is 0. The van der Waals surface area contributed by atoms with E-state index in [9.17, 15) is 13.2 Å². The van der Waals surface area contributed by atoms with Crippen molar-refractivity contribution in [3.8, 4) is 0 Å². The first-order valence-corrected chi connectivity index (χ1v) is 6.72. The fourth-order valence-electron chi connectivity index (χ4n) is 1.76. The quantitative estimate of drug-likeness (QED) is 0.771. The van der Waals surface area contributed by atoms with E-state index in [1.165, 1.54) is 4.31 Å². The topological polar surface area (TPSA) is 74.7 Å². The molecule has 0 aromatic heterocycles. The van der Waals surface area contributed by atoms with E-state index in [2.05, 4.69) is 0 Å². The Labute approximate surface area is 90.1 Å². The monoisotopic (exact) mass is 235 g/mol. The molecule has 1 rings (SSSR count). The molecular weight excluding hydrogens is 218 g/mol. The number of sulfonamides is 1. The molecule has 5 nitrogen and oxygen atoms in total. The molecule has 0 amide bonds. The minimum absolute atomic E-state index is 0.0199. The lowest BCUT2D eigenvalue weighted by Crippen LogP contribution is -2.40. The third kappa shape index (κ3) is 3.79. The van der Waals surface area contributed by atoms with Crippen LogP contribution in [-0.4, -0.2) is 42.6 Å². The zero-order valence-corrected chi connectivity index (χ0v) is 9.66. The Kier molecular flexibility index (Phi) is 4.10. The van der Waals surface area contributed by atoms with Gasteiger partial charge in [-0.1, -0.05) is 6.92 Å². The van der Waals surface area contributed by atoms with Gasteiger partial charge in [-0.3, -0.25) is 4.79 Å². The van der Waals surface area contributed by atoms with E-state index in [1.807, 2.05) is 0 Å². The number of nitrogens with zero attached hydrogens (tertiary/aromatic N) is 1. The fraction of sp³-hybridized carbons (Fsp3) is 0.889. The molecule has 0 aromatic carbocycles. The van der Waals surface area contributed by atoms with Crippen molar-refractivity contribution in [1.29, 1.82) is 0 Å². The van der Waals surface area contributed by atoms with Crippen molar-refractivity contribution in [3.63, 3.8) is 0 Å². The Hall–Kier alpha value is -0.620. The van der Waals surface area contributed by atoms with Crippen molar-refractivity contribution in [2.75, 3.05) is 18.8 Å². The molecule has 0 aromatic rings. The van der Waals surface area contributed by atoms with Crippen molar-refractivity contribution < 1.29 is 18.3 Å². The molecule has 0 spiro atoms. The summed E-state index contributed by atoms with van der Waals surface area (Å²) in [6.07, 6.45) is 1.61. The van der Waals surface area contributed by atoms with Gasteiger partial charge in [0.25, 0.3) is 0 Å². The second-order valence-electron chi connectivity index (χ2n) is 4.08. The summed E-state index contributed by atoms with van der Waals surface area (Å²) in [7, 11) is -3.11. The number of carboxylic acids is 1. The fourth-order valence-corrected chi connectivity index (χ4v) is 3.47. The number of carbonyl (C=O) groups is 1. The van der Waals surface area contributed by atoms with E-state index >= 15 is 0 Å². The van der Waals surface area contributed by atoms with E-state index in [0.29, 0.717) is 19.5 Å². The molecular formula is C9H17NO4S. The van der Waals surface area contributed by atoms with Crippen LogP contribution in [0.25, 0.3) is 0 Å². The molecule has 15 heavy (non-hydrogen) atoms. The molecule has 1 fully saturated rings. The Morgan fingerprint density at radius 2 is 2.13 bits per heavy atom. The maximum atomic E-state index is 11.6. The molecule has 0 aliphatic carbocycles. The molecule has 1 aliphatic rings. The van der Waals surface area contributed by atoms with Gasteiger partial charge in [0.15, 0.2) is 0 Å². The summed E-state index contributed by atoms with van der Waals surface area (Å²) in [4.78, 5) is 10.4. The molecule has 1 unspecified atom stereocenters. The highest BCUT2D eigenvalue weighted by atomic mass is 32.2. The van der Waals surface area contributed by atoms with Crippen LogP contribution < -0.4 is 0 Å². The number of rotatable bonds is 4. The van der Waals surface area contributed by atoms with Gasteiger partial charge < -0.3 is 5.11 Å². The van der Waals surface area contributed by atoms with E-state index in [0.717, 1.165) is 6.42 Å². The van der Waals surface area contributed by atoms with Crippen molar-refractivity contribution in [3.05, 3.63) is 0 Å². The summed E-state index contributed by atoms with van der Waals surface area (Å²) in [6, 6.07) is 0. The molecule has 88 valence electrons. The van der Waals surface area contributed by atoms with Gasteiger partial charge in [0.1, 0.15) is 0 Å². The molecule has 1 heterocycles. The predicted molar refractivity (Wildman–Crippen MR) is 56.0 cm³/mol. The van der Waals surface area contributed by atoms with Gasteiger partial charge in [-0.2, -0.15) is 0 Å². The van der Waals surface area contributed by atoms with Crippen molar-refractivity contribution in [1.82, 2.24) is 4.31 Å². The van der Waals surface area contributed by atoms with Gasteiger partial charge in [-0.25, -0.2) is 12.7 Å². The lowest BCUT2D eigenvalue weighted by molar-refractivity contribution is -0.138. The van der Waals surface area contributed by atoms with E-state index in [-0.39, 0.29) is 18.1 Å². The molecule has 1 aliphatic heterocycles. The molecule has 1 N–H and O–H groups in total. The van der Waals surface area contributed by atoms with Gasteiger partial charge in [-0.15, -0.1) is 0 Å². The van der Waals surface area contributed by atoms with Crippen molar-refractivity contribution >= 4 is 16.0 Å². The Morgan fingerprint density at radius 1 is 1.47 bits per heavy atom. The Morgan fingerprint density at radius 3 is 2.67 bits per heavy atom. The van der Waals surface area contributed by atoms with Crippen LogP contribution >= 0.6 is 0 Å². The van der Waals surface area contributed by atoms with Gasteiger partial charge in [-0.05, 0) is 18.8 Å². The predicted octanol–water partition coefficient (Wildman–Crippen LogP) is 0.523. The zero-order valence-electron chi connectivity index (χ0n) is 8.85. The molecule has 0 bridgehead atoms. The first-order valence-electron chi connectivity index (χ1n) is 5.11. The first kappa shape index (κ1) is 12.4. The van der Waals surface area contributed by atoms with Crippen molar-refractivity contribution in [2.24, 2.45) is 5.92 Å². The standard InChI is InChI=1S/C9H17NO4S/c1-8(6-9(11)12)7-10-4-2-3-5-15(10,13)14/h8H,2-7H2,1H3,(H,11,12). The van der Waals surface area contributed by atoms with Crippen LogP contribution in [0.4, 0.5) is 0 Å². The van der Waals surface area contributed by atoms with E-state index in [1.54, 1.807) is 6.92 Å². The lowest BCUT2D eigenvalue weighted by Gasteiger charge is -2.28. The number of carboxylic acid groups (broad SMARTS) is 1. The van der Waals surface area contributed by atoms with Crippen LogP contribution in [0.15, 0.2) is 0 Å². The molecule has 0 radical (unpaired) electrons. The van der Waals surface area contributed by atoms with Crippen LogP contribution in [0.3, 0.4) is 0 Å². The largest absolute Gasteiger partial charge is 0.481 e. The van der Waals surface area contributed by atoms with E-state index < -0.39 is 16.0 Å². The van der Waals surface area contributed by atoms with Crippen LogP contribution in [0.5, 0.6) is 0 Å². The average molecular weight is 235 g/mol. The minimum Gasteiger partial charge on any atom is -0.481 e. The summed E-state index contributed by atoms with van der Waals surface area (Å²) < 4.78 is 24.6. The summed E-state index contributed by atoms with van der Waals surface area (Å²) in [5, 5.41) is 8.58. The SMILES string of the molecule is CC(CC(=O)O)CN1CCCCS1(=O)=O. The van der Waals surface area contributed by atoms with Crippen LogP contribution in [0.2, 0.25) is 0 Å². The highest BCUT2D eigenvalue weighted by Gasteiger charge is 2.27. The van der Waals surface area contributed by atoms with Gasteiger partial charge in [0, 0.05) is 19.5 Å². The molecule has 1 atom stereocenters. The number of hydrogen-bond donors (Lipinski definition) is 1. The molecule has 0 saturated carbocycles. The minimum atomic E-state index is -3.11. The summed E-state index contributed by atoms with van der Waals surface area (Å²) >= 11 is 0. The summed E-state index contributed by atoms with van der Waals surface area (Å²) in [5.74, 6) is -0.806. The number of hydrogen-bond acceptors (Lipinski definition) is 3. The van der Waals surface area contributed by atoms with Crippen LogP contribution in [-0.2, 0) is 14.8 Å². The average Bonchev–Trinajstić information content (AvgIpc) is 2.07. The normalized spacial score (nSPS) is 23.5. The maximum absolute atomic E-state index is 11.6. The zero-order chi connectivity index (χ0) is 11.5. The van der Waals surface area contributed by atoms with Gasteiger partial charge in [0.05, 0.1) is 5.75 Å². The third-order valence-corrected chi connectivity index (χ3v) is 4.41. The molecule has 6 heteroatoms. The van der Waals surface area contributed by atoms with E-state index in [4.69, 9.17) is 5.11 Å². The van der Waals surface area contributed by atoms with Gasteiger partial charge in [0.2, 0.25) is 10.0 Å². The van der Waals surface area contributed by atoms with Crippen LogP contribution in [0, 0.1) is 5.92 Å². The Bertz CT molecular complexity index is 325. The third-order valence-electron chi connectivity index (χ3n) is 2.49. The number of aliphatic carboxylic acids is 1. The first-order chi connectivity index (χ1) is 6.92. The Balaban J connectivity index is 2.52. The highest BCUT2D eigenvalue weighted by Crippen LogP contribution is 2.16. The van der Waals surface area contributed by atoms with Crippen molar-refractivity contribution in [2.45, 2.75) is 26.2 Å². The highest BCUT2D eigenvalue weighted by molar-refractivity contribution is 7.89. The summed E-state index contributed by atoms with van der Waals surface area (Å²) in [6.45, 7) is 2.62. The smallest absolute Gasteiger partial charge is 0.303 e.